The summed E-state index contributed by atoms with van der Waals surface area (Å²) in [4.78, 5) is 22.7. The first-order valence-corrected chi connectivity index (χ1v) is 7.79. The van der Waals surface area contributed by atoms with Crippen molar-refractivity contribution in [2.24, 2.45) is 0 Å². The lowest BCUT2D eigenvalue weighted by Crippen LogP contribution is -2.34. The average Bonchev–Trinajstić information content (AvgIpc) is 2.44. The van der Waals surface area contributed by atoms with Crippen molar-refractivity contribution in [2.75, 3.05) is 11.9 Å². The highest BCUT2D eigenvalue weighted by Gasteiger charge is 2.22. The summed E-state index contributed by atoms with van der Waals surface area (Å²) >= 11 is 0. The van der Waals surface area contributed by atoms with Crippen LogP contribution < -0.4 is 10.6 Å². The van der Waals surface area contributed by atoms with Gasteiger partial charge in [0.05, 0.1) is 6.10 Å². The molecule has 0 bridgehead atoms. The van der Waals surface area contributed by atoms with Crippen LogP contribution in [0.2, 0.25) is 0 Å². The van der Waals surface area contributed by atoms with Crippen LogP contribution in [0, 0.1) is 0 Å². The molecule has 7 heteroatoms. The van der Waals surface area contributed by atoms with Gasteiger partial charge in [-0.2, -0.15) is 0 Å². The van der Waals surface area contributed by atoms with Crippen molar-refractivity contribution in [1.82, 2.24) is 5.32 Å². The number of amides is 2. The lowest BCUT2D eigenvalue weighted by atomic mass is 10.00. The molecule has 2 unspecified atom stereocenters. The molecule has 0 fully saturated rings. The van der Waals surface area contributed by atoms with Crippen LogP contribution in [0.15, 0.2) is 24.3 Å². The van der Waals surface area contributed by atoms with Crippen molar-refractivity contribution in [3.63, 3.8) is 0 Å². The van der Waals surface area contributed by atoms with Crippen LogP contribution in [0.1, 0.15) is 45.8 Å². The zero-order chi connectivity index (χ0) is 18.3. The first-order chi connectivity index (χ1) is 11.1. The van der Waals surface area contributed by atoms with Gasteiger partial charge in [-0.3, -0.25) is 4.79 Å². The van der Waals surface area contributed by atoms with Gasteiger partial charge in [-0.15, -0.1) is 0 Å². The molecule has 0 radical (unpaired) electrons. The summed E-state index contributed by atoms with van der Waals surface area (Å²) in [5, 5.41) is 25.5. The molecule has 24 heavy (non-hydrogen) atoms. The number of alkyl carbamates (subject to hydrolysis) is 1. The molecule has 1 aromatic rings. The maximum Gasteiger partial charge on any atom is 0.407 e. The topological polar surface area (TPSA) is 108 Å². The smallest absolute Gasteiger partial charge is 0.407 e. The minimum Gasteiger partial charge on any atom is -0.444 e. The summed E-state index contributed by atoms with van der Waals surface area (Å²) < 4.78 is 5.09. The predicted octanol–water partition coefficient (Wildman–Crippen LogP) is 1.95. The maximum absolute atomic E-state index is 11.5. The minimum atomic E-state index is -1.19. The Bertz CT molecular complexity index is 568. The summed E-state index contributed by atoms with van der Waals surface area (Å²) in [5.74, 6) is -0.268. The number of para-hydroxylation sites is 1. The molecule has 0 aliphatic rings. The van der Waals surface area contributed by atoms with Gasteiger partial charge in [0.2, 0.25) is 5.91 Å². The van der Waals surface area contributed by atoms with E-state index in [1.165, 1.54) is 6.92 Å². The zero-order valence-corrected chi connectivity index (χ0v) is 14.5. The second kappa shape index (κ2) is 8.65. The van der Waals surface area contributed by atoms with Crippen molar-refractivity contribution in [3.8, 4) is 0 Å². The number of anilines is 1. The van der Waals surface area contributed by atoms with Crippen LogP contribution in [-0.4, -0.2) is 40.5 Å². The Morgan fingerprint density at radius 1 is 1.21 bits per heavy atom. The number of benzene rings is 1. The van der Waals surface area contributed by atoms with Crippen molar-refractivity contribution >= 4 is 17.7 Å². The third-order valence-corrected chi connectivity index (χ3v) is 3.06. The molecule has 0 saturated carbocycles. The number of aliphatic hydroxyl groups is 2. The quantitative estimate of drug-likeness (QED) is 0.634. The van der Waals surface area contributed by atoms with Crippen molar-refractivity contribution in [1.29, 1.82) is 0 Å². The summed E-state index contributed by atoms with van der Waals surface area (Å²) in [7, 11) is 0. The monoisotopic (exact) mass is 338 g/mol. The fraction of sp³-hybridized carbons (Fsp3) is 0.529. The van der Waals surface area contributed by atoms with Crippen molar-refractivity contribution < 1.29 is 24.5 Å². The van der Waals surface area contributed by atoms with E-state index in [1.54, 1.807) is 45.0 Å². The standard InChI is InChI=1S/C17H26N2O5/c1-11(20)19-13-8-6-5-7-12(13)15(22)14(21)9-10-18-16(23)24-17(2,3)4/h5-8,14-15,21-22H,9-10H2,1-4H3,(H,18,23)(H,19,20). The van der Waals surface area contributed by atoms with Gasteiger partial charge in [0.15, 0.2) is 0 Å². The third-order valence-electron chi connectivity index (χ3n) is 3.06. The van der Waals surface area contributed by atoms with Gasteiger partial charge in [-0.05, 0) is 33.3 Å². The van der Waals surface area contributed by atoms with E-state index in [2.05, 4.69) is 10.6 Å². The predicted molar refractivity (Wildman–Crippen MR) is 90.6 cm³/mol. The Hall–Kier alpha value is -2.12. The fourth-order valence-corrected chi connectivity index (χ4v) is 2.06. The van der Waals surface area contributed by atoms with Gasteiger partial charge in [0.1, 0.15) is 11.7 Å². The normalized spacial score (nSPS) is 13.8. The third kappa shape index (κ3) is 6.97. The number of hydrogen-bond acceptors (Lipinski definition) is 5. The van der Waals surface area contributed by atoms with E-state index in [0.29, 0.717) is 11.3 Å². The van der Waals surface area contributed by atoms with E-state index >= 15 is 0 Å². The van der Waals surface area contributed by atoms with Crippen LogP contribution in [0.25, 0.3) is 0 Å². The van der Waals surface area contributed by atoms with Crippen LogP contribution in [0.5, 0.6) is 0 Å². The van der Waals surface area contributed by atoms with Gasteiger partial charge in [0, 0.05) is 24.7 Å². The number of carbonyl (C=O) groups excluding carboxylic acids is 2. The van der Waals surface area contributed by atoms with E-state index in [0.717, 1.165) is 0 Å². The molecule has 7 nitrogen and oxygen atoms in total. The maximum atomic E-state index is 11.5. The van der Waals surface area contributed by atoms with E-state index in [-0.39, 0.29) is 18.9 Å². The molecule has 2 amide bonds. The van der Waals surface area contributed by atoms with Crippen molar-refractivity contribution in [3.05, 3.63) is 29.8 Å². The Balaban J connectivity index is 2.58. The average molecular weight is 338 g/mol. The van der Waals surface area contributed by atoms with E-state index in [1.807, 2.05) is 0 Å². The Kier molecular flexibility index (Phi) is 7.18. The highest BCUT2D eigenvalue weighted by atomic mass is 16.6. The minimum absolute atomic E-state index is 0.134. The van der Waals surface area contributed by atoms with Gasteiger partial charge in [-0.25, -0.2) is 4.79 Å². The van der Waals surface area contributed by atoms with Gasteiger partial charge in [0.25, 0.3) is 0 Å². The van der Waals surface area contributed by atoms with E-state index in [4.69, 9.17) is 4.74 Å². The molecule has 1 aromatic carbocycles. The molecule has 0 aliphatic carbocycles. The van der Waals surface area contributed by atoms with Gasteiger partial charge >= 0.3 is 6.09 Å². The highest BCUT2D eigenvalue weighted by molar-refractivity contribution is 5.89. The molecule has 4 N–H and O–H groups in total. The Labute approximate surface area is 142 Å². The number of hydrogen-bond donors (Lipinski definition) is 4. The largest absolute Gasteiger partial charge is 0.444 e. The first kappa shape index (κ1) is 19.9. The molecule has 0 spiro atoms. The molecule has 0 aliphatic heterocycles. The number of carbonyl (C=O) groups is 2. The van der Waals surface area contributed by atoms with Gasteiger partial charge < -0.3 is 25.6 Å². The van der Waals surface area contributed by atoms with Crippen LogP contribution in [-0.2, 0) is 9.53 Å². The molecular weight excluding hydrogens is 312 g/mol. The molecule has 134 valence electrons. The summed E-state index contributed by atoms with van der Waals surface area (Å²) in [6.45, 7) is 6.78. The Morgan fingerprint density at radius 3 is 2.42 bits per heavy atom. The second-order valence-electron chi connectivity index (χ2n) is 6.50. The van der Waals surface area contributed by atoms with E-state index < -0.39 is 23.9 Å². The lowest BCUT2D eigenvalue weighted by Gasteiger charge is -2.22. The highest BCUT2D eigenvalue weighted by Crippen LogP contribution is 2.26. The van der Waals surface area contributed by atoms with Crippen LogP contribution >= 0.6 is 0 Å². The molecule has 0 heterocycles. The summed E-state index contributed by atoms with van der Waals surface area (Å²) in [6.07, 6.45) is -2.74. The Morgan fingerprint density at radius 2 is 1.83 bits per heavy atom. The second-order valence-corrected chi connectivity index (χ2v) is 6.50. The van der Waals surface area contributed by atoms with Crippen LogP contribution in [0.4, 0.5) is 10.5 Å². The fourth-order valence-electron chi connectivity index (χ4n) is 2.06. The number of aliphatic hydroxyl groups excluding tert-OH is 2. The zero-order valence-electron chi connectivity index (χ0n) is 14.5. The SMILES string of the molecule is CC(=O)Nc1ccccc1C(O)C(O)CCNC(=O)OC(C)(C)C. The molecular formula is C17H26N2O5. The van der Waals surface area contributed by atoms with E-state index in [9.17, 15) is 19.8 Å². The lowest BCUT2D eigenvalue weighted by molar-refractivity contribution is -0.114. The number of ether oxygens (including phenoxy) is 1. The summed E-state index contributed by atoms with van der Waals surface area (Å²) in [5.41, 5.74) is 0.258. The molecule has 0 saturated heterocycles. The van der Waals surface area contributed by atoms with Crippen molar-refractivity contribution in [2.45, 2.75) is 51.9 Å². The molecule has 0 aromatic heterocycles. The summed E-state index contributed by atoms with van der Waals surface area (Å²) in [6, 6.07) is 6.69. The van der Waals surface area contributed by atoms with Crippen LogP contribution in [0.3, 0.4) is 0 Å². The molecule has 2 atom stereocenters. The number of nitrogens with one attached hydrogen (secondary N) is 2. The molecule has 1 rings (SSSR count). The van der Waals surface area contributed by atoms with Gasteiger partial charge in [-0.1, -0.05) is 18.2 Å². The number of rotatable bonds is 6. The first-order valence-electron chi connectivity index (χ1n) is 7.79.